The van der Waals surface area contributed by atoms with E-state index in [1.165, 1.54) is 12.4 Å². The van der Waals surface area contributed by atoms with Crippen molar-refractivity contribution in [1.29, 1.82) is 5.26 Å². The van der Waals surface area contributed by atoms with Gasteiger partial charge in [-0.05, 0) is 30.2 Å². The smallest absolute Gasteiger partial charge is 0.419 e. The molecule has 33 heavy (non-hydrogen) atoms. The zero-order valence-electron chi connectivity index (χ0n) is 17.9. The third kappa shape index (κ3) is 4.98. The predicted octanol–water partition coefficient (Wildman–Crippen LogP) is 4.67. The summed E-state index contributed by atoms with van der Waals surface area (Å²) in [5.74, 6) is 0.721. The fourth-order valence-corrected chi connectivity index (χ4v) is 3.69. The number of benzene rings is 1. The fourth-order valence-electron chi connectivity index (χ4n) is 3.69. The number of aryl methyl sites for hydroxylation is 2. The molecule has 0 saturated heterocycles. The molecule has 4 aromatic rings. The monoisotopic (exact) mass is 454 g/mol. The molecule has 0 fully saturated rings. The first-order valence-corrected chi connectivity index (χ1v) is 10.4. The van der Waals surface area contributed by atoms with E-state index >= 15 is 0 Å². The van der Waals surface area contributed by atoms with Gasteiger partial charge in [0.25, 0.3) is 0 Å². The summed E-state index contributed by atoms with van der Waals surface area (Å²) in [6.45, 7) is 2.76. The van der Waals surface area contributed by atoms with Crippen molar-refractivity contribution in [3.63, 3.8) is 0 Å². The summed E-state index contributed by atoms with van der Waals surface area (Å²) >= 11 is 0. The Hall–Kier alpha value is -3.87. The number of nitriles is 1. The minimum absolute atomic E-state index is 0.129. The van der Waals surface area contributed by atoms with Gasteiger partial charge in [-0.25, -0.2) is 15.0 Å². The number of pyridine rings is 1. The quantitative estimate of drug-likeness (QED) is 0.391. The normalized spacial score (nSPS) is 11.6. The molecule has 0 unspecified atom stereocenters. The molecule has 3 heterocycles. The van der Waals surface area contributed by atoms with E-state index in [1.54, 1.807) is 18.3 Å². The molecular weight excluding hydrogens is 433 g/mol. The van der Waals surface area contributed by atoms with Crippen LogP contribution in [0.5, 0.6) is 5.75 Å². The van der Waals surface area contributed by atoms with Crippen molar-refractivity contribution >= 4 is 11.0 Å². The van der Waals surface area contributed by atoms with Crippen molar-refractivity contribution in [2.24, 2.45) is 0 Å². The molecule has 7 nitrogen and oxygen atoms in total. The Labute approximate surface area is 187 Å². The first-order valence-electron chi connectivity index (χ1n) is 10.4. The lowest BCUT2D eigenvalue weighted by Crippen LogP contribution is -2.12. The summed E-state index contributed by atoms with van der Waals surface area (Å²) in [6.07, 6.45) is 1.90. The molecule has 0 aliphatic heterocycles. The highest BCUT2D eigenvalue weighted by Crippen LogP contribution is 2.37. The highest BCUT2D eigenvalue weighted by molar-refractivity contribution is 5.79. The topological polar surface area (TPSA) is 92.4 Å². The number of hydrogen-bond donors (Lipinski definition) is 1. The standard InChI is InChI=1S/C23H21F3N6O/c1-2-21-28-6-8-32(21)7-3-9-33-20-5-4-15(11-17(20)23(24,25)26)10-16-12-18-22(30-14-29-18)19(13-27)31-16/h4-6,8,11-12,14H,2-3,7,9-10H2,1H3,(H,29,30). The number of aromatic amines is 1. The first-order chi connectivity index (χ1) is 15.9. The number of aromatic nitrogens is 5. The largest absolute Gasteiger partial charge is 0.493 e. The van der Waals surface area contributed by atoms with Crippen LogP contribution in [0.25, 0.3) is 11.0 Å². The average molecular weight is 454 g/mol. The average Bonchev–Trinajstić information content (AvgIpc) is 3.45. The Morgan fingerprint density at radius 1 is 1.21 bits per heavy atom. The summed E-state index contributed by atoms with van der Waals surface area (Å²) < 4.78 is 48.6. The van der Waals surface area contributed by atoms with Crippen LogP contribution in [0.1, 0.15) is 41.7 Å². The summed E-state index contributed by atoms with van der Waals surface area (Å²) in [6, 6.07) is 7.65. The third-order valence-corrected chi connectivity index (χ3v) is 5.22. The Balaban J connectivity index is 1.49. The Kier molecular flexibility index (Phi) is 6.31. The number of H-pyrrole nitrogens is 1. The second-order valence-corrected chi connectivity index (χ2v) is 7.47. The van der Waals surface area contributed by atoms with E-state index in [2.05, 4.69) is 19.9 Å². The number of halogens is 3. The van der Waals surface area contributed by atoms with Gasteiger partial charge < -0.3 is 14.3 Å². The number of alkyl halides is 3. The summed E-state index contributed by atoms with van der Waals surface area (Å²) in [4.78, 5) is 15.4. The highest BCUT2D eigenvalue weighted by Gasteiger charge is 2.34. The van der Waals surface area contributed by atoms with Gasteiger partial charge in [-0.2, -0.15) is 18.4 Å². The number of nitrogens with zero attached hydrogens (tertiary/aromatic N) is 5. The number of nitrogens with one attached hydrogen (secondary N) is 1. The maximum Gasteiger partial charge on any atom is 0.419 e. The molecule has 0 aliphatic rings. The van der Waals surface area contributed by atoms with Crippen molar-refractivity contribution in [2.75, 3.05) is 6.61 Å². The van der Waals surface area contributed by atoms with Crippen LogP contribution in [-0.4, -0.2) is 31.1 Å². The van der Waals surface area contributed by atoms with Crippen LogP contribution in [0.15, 0.2) is 43.0 Å². The second-order valence-electron chi connectivity index (χ2n) is 7.47. The van der Waals surface area contributed by atoms with E-state index in [0.29, 0.717) is 35.3 Å². The van der Waals surface area contributed by atoms with Crippen LogP contribution in [-0.2, 0) is 25.6 Å². The van der Waals surface area contributed by atoms with Crippen molar-refractivity contribution in [1.82, 2.24) is 24.5 Å². The summed E-state index contributed by atoms with van der Waals surface area (Å²) in [5.41, 5.74) is 1.22. The predicted molar refractivity (Wildman–Crippen MR) is 115 cm³/mol. The maximum atomic E-state index is 13.7. The molecule has 1 N–H and O–H groups in total. The summed E-state index contributed by atoms with van der Waals surface area (Å²) in [5, 5.41) is 9.29. The molecule has 0 amide bonds. The number of hydrogen-bond acceptors (Lipinski definition) is 5. The van der Waals surface area contributed by atoms with Gasteiger partial charge in [0.2, 0.25) is 0 Å². The molecule has 0 saturated carbocycles. The second kappa shape index (κ2) is 9.32. The number of fused-ring (bicyclic) bond motifs is 1. The summed E-state index contributed by atoms with van der Waals surface area (Å²) in [7, 11) is 0. The molecule has 0 aliphatic carbocycles. The maximum absolute atomic E-state index is 13.7. The van der Waals surface area contributed by atoms with Crippen LogP contribution >= 0.6 is 0 Å². The van der Waals surface area contributed by atoms with E-state index in [-0.39, 0.29) is 24.5 Å². The van der Waals surface area contributed by atoms with E-state index < -0.39 is 11.7 Å². The lowest BCUT2D eigenvalue weighted by molar-refractivity contribution is -0.139. The zero-order chi connectivity index (χ0) is 23.4. The lowest BCUT2D eigenvalue weighted by atomic mass is 10.0. The van der Waals surface area contributed by atoms with E-state index in [9.17, 15) is 18.4 Å². The Morgan fingerprint density at radius 3 is 2.82 bits per heavy atom. The van der Waals surface area contributed by atoms with Crippen LogP contribution in [0.2, 0.25) is 0 Å². The van der Waals surface area contributed by atoms with Gasteiger partial charge >= 0.3 is 6.18 Å². The molecule has 0 atom stereocenters. The van der Waals surface area contributed by atoms with Gasteiger partial charge in [0.1, 0.15) is 23.2 Å². The van der Waals surface area contributed by atoms with Crippen LogP contribution in [0.3, 0.4) is 0 Å². The molecule has 4 rings (SSSR count). The van der Waals surface area contributed by atoms with Gasteiger partial charge in [0, 0.05) is 37.5 Å². The van der Waals surface area contributed by atoms with E-state index in [1.807, 2.05) is 23.8 Å². The van der Waals surface area contributed by atoms with Gasteiger partial charge in [-0.1, -0.05) is 13.0 Å². The number of imidazole rings is 2. The van der Waals surface area contributed by atoms with E-state index in [4.69, 9.17) is 4.74 Å². The molecule has 0 spiro atoms. The SMILES string of the molecule is CCc1nccn1CCCOc1ccc(Cc2cc3[nH]cnc3c(C#N)n2)cc1C(F)(F)F. The molecule has 10 heteroatoms. The van der Waals surface area contributed by atoms with Crippen molar-refractivity contribution in [3.05, 3.63) is 71.3 Å². The van der Waals surface area contributed by atoms with Crippen LogP contribution in [0, 0.1) is 11.3 Å². The molecule has 170 valence electrons. The molecule has 0 radical (unpaired) electrons. The fraction of sp³-hybridized carbons (Fsp3) is 0.304. The number of rotatable bonds is 8. The minimum Gasteiger partial charge on any atom is -0.493 e. The van der Waals surface area contributed by atoms with Crippen molar-refractivity contribution in [3.8, 4) is 11.8 Å². The molecule has 3 aromatic heterocycles. The van der Waals surface area contributed by atoms with Gasteiger partial charge in [-0.3, -0.25) is 0 Å². The Morgan fingerprint density at radius 2 is 2.06 bits per heavy atom. The van der Waals surface area contributed by atoms with Crippen molar-refractivity contribution in [2.45, 2.75) is 38.9 Å². The molecule has 1 aromatic carbocycles. The van der Waals surface area contributed by atoms with Gasteiger partial charge in [0.15, 0.2) is 5.69 Å². The number of ether oxygens (including phenoxy) is 1. The molecule has 0 bridgehead atoms. The first kappa shape index (κ1) is 22.3. The van der Waals surface area contributed by atoms with Gasteiger partial charge in [0.05, 0.1) is 24.0 Å². The Bertz CT molecular complexity index is 1300. The third-order valence-electron chi connectivity index (χ3n) is 5.22. The van der Waals surface area contributed by atoms with Crippen LogP contribution < -0.4 is 4.74 Å². The van der Waals surface area contributed by atoms with E-state index in [0.717, 1.165) is 18.3 Å². The van der Waals surface area contributed by atoms with Gasteiger partial charge in [-0.15, -0.1) is 0 Å². The lowest BCUT2D eigenvalue weighted by Gasteiger charge is -2.16. The zero-order valence-corrected chi connectivity index (χ0v) is 17.9. The molecular formula is C23H21F3N6O. The van der Waals surface area contributed by atoms with Crippen molar-refractivity contribution < 1.29 is 17.9 Å². The minimum atomic E-state index is -4.57. The highest BCUT2D eigenvalue weighted by atomic mass is 19.4. The van der Waals surface area contributed by atoms with Crippen LogP contribution in [0.4, 0.5) is 13.2 Å².